The zero-order chi connectivity index (χ0) is 22.1. The highest BCUT2D eigenvalue weighted by atomic mass is 35.5. The molecule has 0 bridgehead atoms. The third kappa shape index (κ3) is 4.30. The number of benzene rings is 1. The molecule has 1 aliphatic rings. The molecule has 164 valence electrons. The highest BCUT2D eigenvalue weighted by Gasteiger charge is 2.20. The summed E-state index contributed by atoms with van der Waals surface area (Å²) >= 11 is 6.34. The van der Waals surface area contributed by atoms with Crippen LogP contribution >= 0.6 is 11.6 Å². The molecule has 0 spiro atoms. The number of aryl methyl sites for hydroxylation is 1. The van der Waals surface area contributed by atoms with Crippen LogP contribution in [-0.4, -0.2) is 53.8 Å². The second-order valence-corrected chi connectivity index (χ2v) is 8.24. The molecule has 10 heteroatoms. The van der Waals surface area contributed by atoms with Crippen LogP contribution in [0.4, 0.5) is 17.5 Å². The fraction of sp³-hybridized carbons (Fsp3) is 0.273. The van der Waals surface area contributed by atoms with E-state index >= 15 is 0 Å². The Bertz CT molecular complexity index is 1210. The molecule has 0 radical (unpaired) electrons. The maximum Gasteiger partial charge on any atom is 0.245 e. The Labute approximate surface area is 190 Å². The molecule has 1 aliphatic heterocycles. The monoisotopic (exact) mass is 450 g/mol. The summed E-state index contributed by atoms with van der Waals surface area (Å²) in [6.45, 7) is 1.53. The van der Waals surface area contributed by atoms with Gasteiger partial charge in [-0.25, -0.2) is 9.67 Å². The van der Waals surface area contributed by atoms with Crippen molar-refractivity contribution in [1.29, 1.82) is 0 Å². The maximum absolute atomic E-state index is 9.68. The van der Waals surface area contributed by atoms with Crippen LogP contribution in [0.1, 0.15) is 12.8 Å². The molecule has 1 aromatic carbocycles. The quantitative estimate of drug-likeness (QED) is 0.480. The summed E-state index contributed by atoms with van der Waals surface area (Å²) in [5, 5.41) is 22.4. The molecule has 0 saturated carbocycles. The van der Waals surface area contributed by atoms with E-state index in [1.807, 2.05) is 43.6 Å². The molecule has 5 rings (SSSR count). The van der Waals surface area contributed by atoms with Crippen molar-refractivity contribution in [1.82, 2.24) is 29.5 Å². The van der Waals surface area contributed by atoms with E-state index in [2.05, 4.69) is 30.4 Å². The number of hydrogen-bond acceptors (Lipinski definition) is 7. The Hall–Kier alpha value is -3.43. The van der Waals surface area contributed by atoms with Crippen LogP contribution in [0, 0.1) is 0 Å². The number of pyridine rings is 1. The van der Waals surface area contributed by atoms with Crippen LogP contribution < -0.4 is 10.2 Å². The lowest BCUT2D eigenvalue weighted by Crippen LogP contribution is -2.36. The first kappa shape index (κ1) is 20.5. The Morgan fingerprint density at radius 1 is 1.09 bits per heavy atom. The molecule has 4 aromatic rings. The lowest BCUT2D eigenvalue weighted by Gasteiger charge is -2.28. The van der Waals surface area contributed by atoms with E-state index in [1.54, 1.807) is 28.1 Å². The van der Waals surface area contributed by atoms with Crippen molar-refractivity contribution in [3.63, 3.8) is 0 Å². The standard InChI is InChI=1S/C22H23ClN8O/c1-29-13-15(11-26-29)19-10-21(24-12-20(19)23)27-16-2-4-17(5-3-16)31-14-25-22(28-31)30-8-6-18(32)7-9-30/h2-5,10-14,18,32H,6-9H2,1H3,(H,24,27). The Morgan fingerprint density at radius 2 is 1.88 bits per heavy atom. The minimum Gasteiger partial charge on any atom is -0.393 e. The molecule has 9 nitrogen and oxygen atoms in total. The van der Waals surface area contributed by atoms with Gasteiger partial charge in [0.1, 0.15) is 12.1 Å². The number of anilines is 3. The normalized spacial score (nSPS) is 14.7. The minimum atomic E-state index is -0.219. The number of aliphatic hydroxyl groups excluding tert-OH is 1. The van der Waals surface area contributed by atoms with Gasteiger partial charge in [-0.05, 0) is 43.2 Å². The number of piperidine rings is 1. The number of nitrogens with zero attached hydrogens (tertiary/aromatic N) is 7. The number of aliphatic hydroxyl groups is 1. The third-order valence-electron chi connectivity index (χ3n) is 5.50. The van der Waals surface area contributed by atoms with Gasteiger partial charge in [-0.3, -0.25) is 4.68 Å². The van der Waals surface area contributed by atoms with Crippen molar-refractivity contribution >= 4 is 29.1 Å². The molecule has 4 heterocycles. The number of hydrogen-bond donors (Lipinski definition) is 2. The van der Waals surface area contributed by atoms with E-state index in [9.17, 15) is 5.11 Å². The van der Waals surface area contributed by atoms with Crippen LogP contribution in [0.15, 0.2) is 55.2 Å². The molecule has 1 fully saturated rings. The zero-order valence-corrected chi connectivity index (χ0v) is 18.3. The summed E-state index contributed by atoms with van der Waals surface area (Å²) in [6.07, 6.45) is 8.31. The summed E-state index contributed by atoms with van der Waals surface area (Å²) in [5.74, 6) is 1.38. The molecule has 1 saturated heterocycles. The van der Waals surface area contributed by atoms with E-state index in [4.69, 9.17) is 11.6 Å². The average Bonchev–Trinajstić information content (AvgIpc) is 3.46. The molecule has 0 amide bonds. The van der Waals surface area contributed by atoms with E-state index in [0.29, 0.717) is 16.8 Å². The smallest absolute Gasteiger partial charge is 0.245 e. The summed E-state index contributed by atoms with van der Waals surface area (Å²) < 4.78 is 3.49. The van der Waals surface area contributed by atoms with Crippen molar-refractivity contribution in [2.75, 3.05) is 23.3 Å². The number of nitrogens with one attached hydrogen (secondary N) is 1. The lowest BCUT2D eigenvalue weighted by atomic mass is 10.1. The van der Waals surface area contributed by atoms with Gasteiger partial charge in [0.05, 0.1) is 23.0 Å². The second-order valence-electron chi connectivity index (χ2n) is 7.83. The number of halogens is 1. The van der Waals surface area contributed by atoms with Gasteiger partial charge in [0.25, 0.3) is 0 Å². The molecule has 0 unspecified atom stereocenters. The second kappa shape index (κ2) is 8.60. The van der Waals surface area contributed by atoms with Gasteiger partial charge >= 0.3 is 0 Å². The molecule has 3 aromatic heterocycles. The third-order valence-corrected chi connectivity index (χ3v) is 5.80. The van der Waals surface area contributed by atoms with E-state index in [1.165, 1.54) is 0 Å². The van der Waals surface area contributed by atoms with E-state index < -0.39 is 0 Å². The number of rotatable bonds is 5. The fourth-order valence-electron chi connectivity index (χ4n) is 3.72. The molecule has 2 N–H and O–H groups in total. The molecular formula is C22H23ClN8O. The first-order chi connectivity index (χ1) is 15.5. The predicted octanol–water partition coefficient (Wildman–Crippen LogP) is 3.42. The van der Waals surface area contributed by atoms with Crippen molar-refractivity contribution in [3.8, 4) is 16.8 Å². The van der Waals surface area contributed by atoms with Gasteiger partial charge < -0.3 is 15.3 Å². The largest absolute Gasteiger partial charge is 0.393 e. The SMILES string of the molecule is Cn1cc(-c2cc(Nc3ccc(-n4cnc(N5CCC(O)CC5)n4)cc3)ncc2Cl)cn1. The summed E-state index contributed by atoms with van der Waals surface area (Å²) in [7, 11) is 1.87. The molecular weight excluding hydrogens is 428 g/mol. The van der Waals surface area contributed by atoms with Crippen LogP contribution in [0.5, 0.6) is 0 Å². The highest BCUT2D eigenvalue weighted by Crippen LogP contribution is 2.30. The Balaban J connectivity index is 1.30. The zero-order valence-electron chi connectivity index (χ0n) is 17.6. The predicted molar refractivity (Wildman–Crippen MR) is 124 cm³/mol. The van der Waals surface area contributed by atoms with Gasteiger partial charge in [0, 0.05) is 49.3 Å². The average molecular weight is 451 g/mol. The topological polar surface area (TPSA) is 96.9 Å². The van der Waals surface area contributed by atoms with Crippen LogP contribution in [0.3, 0.4) is 0 Å². The van der Waals surface area contributed by atoms with Crippen LogP contribution in [-0.2, 0) is 7.05 Å². The number of aromatic nitrogens is 6. The van der Waals surface area contributed by atoms with Gasteiger partial charge in [0.2, 0.25) is 5.95 Å². The lowest BCUT2D eigenvalue weighted by molar-refractivity contribution is 0.145. The Kier molecular flexibility index (Phi) is 5.50. The van der Waals surface area contributed by atoms with Crippen molar-refractivity contribution in [2.45, 2.75) is 18.9 Å². The van der Waals surface area contributed by atoms with E-state index in [0.717, 1.165) is 48.4 Å². The fourth-order valence-corrected chi connectivity index (χ4v) is 3.94. The Morgan fingerprint density at radius 3 is 2.59 bits per heavy atom. The maximum atomic E-state index is 9.68. The van der Waals surface area contributed by atoms with Crippen LogP contribution in [0.25, 0.3) is 16.8 Å². The minimum absolute atomic E-state index is 0.219. The van der Waals surface area contributed by atoms with Crippen molar-refractivity contribution in [2.24, 2.45) is 7.05 Å². The first-order valence-corrected chi connectivity index (χ1v) is 10.8. The molecule has 0 atom stereocenters. The van der Waals surface area contributed by atoms with Crippen molar-refractivity contribution in [3.05, 3.63) is 60.3 Å². The van der Waals surface area contributed by atoms with Crippen LogP contribution in [0.2, 0.25) is 5.02 Å². The first-order valence-electron chi connectivity index (χ1n) is 10.4. The summed E-state index contributed by atoms with van der Waals surface area (Å²) in [5.41, 5.74) is 3.61. The summed E-state index contributed by atoms with van der Waals surface area (Å²) in [6, 6.07) is 9.78. The molecule has 32 heavy (non-hydrogen) atoms. The van der Waals surface area contributed by atoms with Gasteiger partial charge in [-0.2, -0.15) is 10.1 Å². The van der Waals surface area contributed by atoms with Crippen molar-refractivity contribution < 1.29 is 5.11 Å². The summed E-state index contributed by atoms with van der Waals surface area (Å²) in [4.78, 5) is 10.9. The van der Waals surface area contributed by atoms with Gasteiger partial charge in [-0.1, -0.05) is 11.6 Å². The van der Waals surface area contributed by atoms with Gasteiger partial charge in [0.15, 0.2) is 0 Å². The molecule has 0 aliphatic carbocycles. The van der Waals surface area contributed by atoms with E-state index in [-0.39, 0.29) is 6.10 Å². The van der Waals surface area contributed by atoms with Gasteiger partial charge in [-0.15, -0.1) is 5.10 Å². The highest BCUT2D eigenvalue weighted by molar-refractivity contribution is 6.33.